The quantitative estimate of drug-likeness (QED) is 0.676. The number of hydrogen-bond donors (Lipinski definition) is 1. The lowest BCUT2D eigenvalue weighted by molar-refractivity contribution is -0.133. The summed E-state index contributed by atoms with van der Waals surface area (Å²) in [6.45, 7) is 3.95. The molecule has 1 amide bonds. The number of likely N-dealkylation sites (N-methyl/N-ethyl adjacent to an activating group) is 1. The van der Waals surface area contributed by atoms with Gasteiger partial charge in [0.1, 0.15) is 5.75 Å². The second-order valence-electron chi connectivity index (χ2n) is 5.22. The largest absolute Gasteiger partial charge is 0.483 e. The minimum atomic E-state index is -0.0494. The fourth-order valence-corrected chi connectivity index (χ4v) is 2.24. The van der Waals surface area contributed by atoms with Gasteiger partial charge in [-0.1, -0.05) is 17.3 Å². The molecule has 1 aromatic rings. The smallest absolute Gasteiger partial charge is 0.260 e. The molecule has 5 heteroatoms. The SMILES string of the molecule is CC(C)N(C)C(=O)COc1cccc2c1CCC2=NO. The Morgan fingerprint density at radius 1 is 1.45 bits per heavy atom. The van der Waals surface area contributed by atoms with Crippen molar-refractivity contribution < 1.29 is 14.7 Å². The van der Waals surface area contributed by atoms with Gasteiger partial charge in [0.25, 0.3) is 5.91 Å². The van der Waals surface area contributed by atoms with E-state index in [2.05, 4.69) is 5.16 Å². The van der Waals surface area contributed by atoms with Gasteiger partial charge in [0.15, 0.2) is 6.61 Å². The fourth-order valence-electron chi connectivity index (χ4n) is 2.24. The van der Waals surface area contributed by atoms with Crippen LogP contribution in [0.1, 0.15) is 31.4 Å². The summed E-state index contributed by atoms with van der Waals surface area (Å²) >= 11 is 0. The monoisotopic (exact) mass is 276 g/mol. The highest BCUT2D eigenvalue weighted by Gasteiger charge is 2.22. The molecule has 0 bridgehead atoms. The third-order valence-electron chi connectivity index (χ3n) is 3.70. The lowest BCUT2D eigenvalue weighted by Crippen LogP contribution is -2.36. The topological polar surface area (TPSA) is 62.1 Å². The van der Waals surface area contributed by atoms with Gasteiger partial charge in [-0.05, 0) is 32.8 Å². The minimum Gasteiger partial charge on any atom is -0.483 e. The van der Waals surface area contributed by atoms with Gasteiger partial charge in [0, 0.05) is 24.2 Å². The van der Waals surface area contributed by atoms with Crippen LogP contribution in [0.2, 0.25) is 0 Å². The van der Waals surface area contributed by atoms with Crippen molar-refractivity contribution in [2.24, 2.45) is 5.16 Å². The normalized spacial score (nSPS) is 15.5. The number of carbonyl (C=O) groups excluding carboxylic acids is 1. The molecular formula is C15H20N2O3. The molecule has 1 aromatic carbocycles. The molecule has 0 atom stereocenters. The van der Waals surface area contributed by atoms with E-state index in [4.69, 9.17) is 9.94 Å². The zero-order valence-corrected chi connectivity index (χ0v) is 12.1. The highest BCUT2D eigenvalue weighted by atomic mass is 16.5. The zero-order chi connectivity index (χ0) is 14.7. The first kappa shape index (κ1) is 14.4. The van der Waals surface area contributed by atoms with Crippen molar-refractivity contribution in [3.63, 3.8) is 0 Å². The molecule has 1 aliphatic carbocycles. The summed E-state index contributed by atoms with van der Waals surface area (Å²) < 4.78 is 5.65. The highest BCUT2D eigenvalue weighted by Crippen LogP contribution is 2.30. The van der Waals surface area contributed by atoms with Gasteiger partial charge < -0.3 is 14.8 Å². The molecule has 0 unspecified atom stereocenters. The fraction of sp³-hybridized carbons (Fsp3) is 0.467. The number of rotatable bonds is 4. The molecule has 0 heterocycles. The molecule has 0 fully saturated rings. The first-order chi connectivity index (χ1) is 9.54. The number of oxime groups is 1. The van der Waals surface area contributed by atoms with E-state index in [0.29, 0.717) is 17.9 Å². The predicted molar refractivity (Wildman–Crippen MR) is 76.5 cm³/mol. The van der Waals surface area contributed by atoms with Crippen LogP contribution in [0.3, 0.4) is 0 Å². The third-order valence-corrected chi connectivity index (χ3v) is 3.70. The number of benzene rings is 1. The summed E-state index contributed by atoms with van der Waals surface area (Å²) in [5.41, 5.74) is 2.60. The molecule has 0 radical (unpaired) electrons. The van der Waals surface area contributed by atoms with E-state index in [9.17, 15) is 4.79 Å². The van der Waals surface area contributed by atoms with Gasteiger partial charge in [-0.3, -0.25) is 4.79 Å². The molecule has 5 nitrogen and oxygen atoms in total. The molecule has 0 saturated carbocycles. The molecule has 0 spiro atoms. The van der Waals surface area contributed by atoms with Crippen LogP contribution in [-0.4, -0.2) is 41.4 Å². The van der Waals surface area contributed by atoms with Gasteiger partial charge in [-0.15, -0.1) is 0 Å². The van der Waals surface area contributed by atoms with Gasteiger partial charge >= 0.3 is 0 Å². The van der Waals surface area contributed by atoms with Gasteiger partial charge in [0.2, 0.25) is 0 Å². The molecule has 0 saturated heterocycles. The Labute approximate surface area is 118 Å². The molecule has 2 rings (SSSR count). The molecule has 1 N–H and O–H groups in total. The summed E-state index contributed by atoms with van der Waals surface area (Å²) in [4.78, 5) is 13.6. The minimum absolute atomic E-state index is 0.0245. The summed E-state index contributed by atoms with van der Waals surface area (Å²) in [6, 6.07) is 5.76. The number of nitrogens with zero attached hydrogens (tertiary/aromatic N) is 2. The highest BCUT2D eigenvalue weighted by molar-refractivity contribution is 6.04. The molecule has 0 aliphatic heterocycles. The van der Waals surface area contributed by atoms with E-state index < -0.39 is 0 Å². The van der Waals surface area contributed by atoms with Crippen LogP contribution in [0, 0.1) is 0 Å². The zero-order valence-electron chi connectivity index (χ0n) is 12.1. The van der Waals surface area contributed by atoms with Crippen molar-refractivity contribution in [1.29, 1.82) is 0 Å². The molecule has 20 heavy (non-hydrogen) atoms. The van der Waals surface area contributed by atoms with Crippen LogP contribution in [0.5, 0.6) is 5.75 Å². The first-order valence-corrected chi connectivity index (χ1v) is 6.76. The Kier molecular flexibility index (Phi) is 4.27. The van der Waals surface area contributed by atoms with Crippen molar-refractivity contribution in [2.45, 2.75) is 32.7 Å². The van der Waals surface area contributed by atoms with Crippen molar-refractivity contribution in [2.75, 3.05) is 13.7 Å². The van der Waals surface area contributed by atoms with Gasteiger partial charge in [-0.25, -0.2) is 0 Å². The van der Waals surface area contributed by atoms with E-state index in [1.807, 2.05) is 32.0 Å². The number of amides is 1. The molecular weight excluding hydrogens is 256 g/mol. The van der Waals surface area contributed by atoms with E-state index >= 15 is 0 Å². The first-order valence-electron chi connectivity index (χ1n) is 6.76. The van der Waals surface area contributed by atoms with Crippen molar-refractivity contribution >= 4 is 11.6 Å². The number of ether oxygens (including phenoxy) is 1. The third kappa shape index (κ3) is 2.76. The standard InChI is InChI=1S/C15H20N2O3/c1-10(2)17(3)15(18)9-20-14-6-4-5-11-12(14)7-8-13(11)16-19/h4-6,10,19H,7-9H2,1-3H3. The Bertz CT molecular complexity index is 538. The Balaban J connectivity index is 2.09. The van der Waals surface area contributed by atoms with Crippen molar-refractivity contribution in [3.05, 3.63) is 29.3 Å². The average molecular weight is 276 g/mol. The second-order valence-corrected chi connectivity index (χ2v) is 5.22. The van der Waals surface area contributed by atoms with E-state index in [1.54, 1.807) is 11.9 Å². The molecule has 108 valence electrons. The maximum absolute atomic E-state index is 11.9. The maximum atomic E-state index is 11.9. The number of hydrogen-bond acceptors (Lipinski definition) is 4. The van der Waals surface area contributed by atoms with Crippen LogP contribution < -0.4 is 4.74 Å². The van der Waals surface area contributed by atoms with Crippen LogP contribution in [-0.2, 0) is 11.2 Å². The Morgan fingerprint density at radius 3 is 2.85 bits per heavy atom. The van der Waals surface area contributed by atoms with E-state index in [-0.39, 0.29) is 18.6 Å². The molecule has 0 aromatic heterocycles. The van der Waals surface area contributed by atoms with E-state index in [1.165, 1.54) is 0 Å². The lowest BCUT2D eigenvalue weighted by atomic mass is 10.1. The summed E-state index contributed by atoms with van der Waals surface area (Å²) in [5, 5.41) is 12.2. The average Bonchev–Trinajstić information content (AvgIpc) is 2.87. The predicted octanol–water partition coefficient (Wildman–Crippen LogP) is 2.06. The van der Waals surface area contributed by atoms with Crippen LogP contribution in [0.25, 0.3) is 0 Å². The van der Waals surface area contributed by atoms with Crippen LogP contribution in [0.4, 0.5) is 0 Å². The van der Waals surface area contributed by atoms with Crippen LogP contribution in [0.15, 0.2) is 23.4 Å². The van der Waals surface area contributed by atoms with Crippen molar-refractivity contribution in [1.82, 2.24) is 4.90 Å². The number of carbonyl (C=O) groups is 1. The Hall–Kier alpha value is -2.04. The maximum Gasteiger partial charge on any atom is 0.260 e. The summed E-state index contributed by atoms with van der Waals surface area (Å²) in [6.07, 6.45) is 1.48. The molecule has 1 aliphatic rings. The van der Waals surface area contributed by atoms with Crippen molar-refractivity contribution in [3.8, 4) is 5.75 Å². The van der Waals surface area contributed by atoms with E-state index in [0.717, 1.165) is 17.5 Å². The summed E-state index contributed by atoms with van der Waals surface area (Å²) in [5.74, 6) is 0.651. The number of fused-ring (bicyclic) bond motifs is 1. The van der Waals surface area contributed by atoms with Gasteiger partial charge in [0.05, 0.1) is 5.71 Å². The van der Waals surface area contributed by atoms with Crippen LogP contribution >= 0.6 is 0 Å². The lowest BCUT2D eigenvalue weighted by Gasteiger charge is -2.21. The second kappa shape index (κ2) is 5.94. The van der Waals surface area contributed by atoms with Gasteiger partial charge in [-0.2, -0.15) is 0 Å². The Morgan fingerprint density at radius 2 is 2.20 bits per heavy atom. The summed E-state index contributed by atoms with van der Waals surface area (Å²) in [7, 11) is 1.77.